The average molecular weight is 268 g/mol. The number of nitriles is 1. The number of amides is 1. The van der Waals surface area contributed by atoms with Gasteiger partial charge in [-0.3, -0.25) is 9.48 Å². The molecule has 0 saturated carbocycles. The Bertz CT molecular complexity index is 640. The SMILES string of the molecule is CCc1cc(C(=O)NC(C#N)c2ccccc2)n(C)n1. The Morgan fingerprint density at radius 1 is 1.45 bits per heavy atom. The number of carbonyl (C=O) groups excluding carboxylic acids is 1. The zero-order valence-electron chi connectivity index (χ0n) is 11.5. The van der Waals surface area contributed by atoms with Crippen LogP contribution in [0.1, 0.15) is 34.7 Å². The van der Waals surface area contributed by atoms with E-state index >= 15 is 0 Å². The van der Waals surface area contributed by atoms with Crippen LogP contribution in [0.4, 0.5) is 0 Å². The van der Waals surface area contributed by atoms with E-state index in [1.807, 2.05) is 37.3 Å². The van der Waals surface area contributed by atoms with E-state index < -0.39 is 6.04 Å². The molecule has 5 heteroatoms. The second-order valence-corrected chi connectivity index (χ2v) is 4.44. The predicted octanol–water partition coefficient (Wildman–Crippen LogP) is 1.98. The normalized spacial score (nSPS) is 11.7. The first kappa shape index (κ1) is 13.8. The largest absolute Gasteiger partial charge is 0.331 e. The molecule has 1 atom stereocenters. The summed E-state index contributed by atoms with van der Waals surface area (Å²) >= 11 is 0. The average Bonchev–Trinajstić information content (AvgIpc) is 2.86. The van der Waals surface area contributed by atoms with E-state index in [2.05, 4.69) is 16.5 Å². The molecule has 1 N–H and O–H groups in total. The minimum absolute atomic E-state index is 0.296. The van der Waals surface area contributed by atoms with Crippen molar-refractivity contribution in [3.05, 3.63) is 53.3 Å². The zero-order chi connectivity index (χ0) is 14.5. The maximum absolute atomic E-state index is 12.2. The second kappa shape index (κ2) is 6.02. The van der Waals surface area contributed by atoms with Gasteiger partial charge in [0.05, 0.1) is 11.8 Å². The molecule has 102 valence electrons. The number of nitrogens with zero attached hydrogens (tertiary/aromatic N) is 3. The molecule has 0 saturated heterocycles. The number of aromatic nitrogens is 2. The van der Waals surface area contributed by atoms with Gasteiger partial charge in [-0.2, -0.15) is 10.4 Å². The van der Waals surface area contributed by atoms with E-state index in [9.17, 15) is 10.1 Å². The first-order valence-electron chi connectivity index (χ1n) is 6.44. The molecule has 0 aliphatic rings. The van der Waals surface area contributed by atoms with Gasteiger partial charge in [-0.15, -0.1) is 0 Å². The molecule has 20 heavy (non-hydrogen) atoms. The fourth-order valence-corrected chi connectivity index (χ4v) is 1.95. The van der Waals surface area contributed by atoms with E-state index in [1.54, 1.807) is 13.1 Å². The summed E-state index contributed by atoms with van der Waals surface area (Å²) in [4.78, 5) is 12.2. The zero-order valence-corrected chi connectivity index (χ0v) is 11.5. The van der Waals surface area contributed by atoms with Crippen molar-refractivity contribution in [3.8, 4) is 6.07 Å². The quantitative estimate of drug-likeness (QED) is 0.921. The number of nitrogens with one attached hydrogen (secondary N) is 1. The van der Waals surface area contributed by atoms with Crippen molar-refractivity contribution in [1.29, 1.82) is 5.26 Å². The van der Waals surface area contributed by atoms with Crippen LogP contribution in [0.15, 0.2) is 36.4 Å². The van der Waals surface area contributed by atoms with Crippen LogP contribution in [-0.2, 0) is 13.5 Å². The van der Waals surface area contributed by atoms with Crippen molar-refractivity contribution in [2.24, 2.45) is 7.05 Å². The van der Waals surface area contributed by atoms with Gasteiger partial charge >= 0.3 is 0 Å². The van der Waals surface area contributed by atoms with E-state index in [0.717, 1.165) is 17.7 Å². The van der Waals surface area contributed by atoms with Crippen LogP contribution in [0.5, 0.6) is 0 Å². The molecular formula is C15H16N4O. The van der Waals surface area contributed by atoms with E-state index in [1.165, 1.54) is 4.68 Å². The number of benzene rings is 1. The molecule has 5 nitrogen and oxygen atoms in total. The van der Waals surface area contributed by atoms with Gasteiger partial charge in [-0.25, -0.2) is 0 Å². The van der Waals surface area contributed by atoms with Gasteiger partial charge in [0.15, 0.2) is 0 Å². The van der Waals surface area contributed by atoms with Crippen LogP contribution in [0.25, 0.3) is 0 Å². The van der Waals surface area contributed by atoms with Gasteiger partial charge in [-0.1, -0.05) is 37.3 Å². The number of rotatable bonds is 4. The molecule has 1 aromatic carbocycles. The Morgan fingerprint density at radius 2 is 2.15 bits per heavy atom. The summed E-state index contributed by atoms with van der Waals surface area (Å²) in [6, 6.07) is 12.4. The Balaban J connectivity index is 2.18. The fraction of sp³-hybridized carbons (Fsp3) is 0.267. The first-order chi connectivity index (χ1) is 9.65. The van der Waals surface area contributed by atoms with Crippen LogP contribution in [0, 0.1) is 11.3 Å². The Morgan fingerprint density at radius 3 is 2.70 bits per heavy atom. The van der Waals surface area contributed by atoms with Crippen molar-refractivity contribution in [2.45, 2.75) is 19.4 Å². The molecule has 1 heterocycles. The third-order valence-electron chi connectivity index (χ3n) is 3.06. The minimum Gasteiger partial charge on any atom is -0.331 e. The standard InChI is InChI=1S/C15H16N4O/c1-3-12-9-14(19(2)18-12)15(20)17-13(10-16)11-7-5-4-6-8-11/h4-9,13H,3H2,1-2H3,(H,17,20). The first-order valence-corrected chi connectivity index (χ1v) is 6.44. The predicted molar refractivity (Wildman–Crippen MR) is 74.8 cm³/mol. The highest BCUT2D eigenvalue weighted by atomic mass is 16.2. The molecule has 1 unspecified atom stereocenters. The lowest BCUT2D eigenvalue weighted by Gasteiger charge is -2.11. The van der Waals surface area contributed by atoms with E-state index in [0.29, 0.717) is 5.69 Å². The van der Waals surface area contributed by atoms with Crippen LogP contribution in [0.3, 0.4) is 0 Å². The molecule has 0 spiro atoms. The van der Waals surface area contributed by atoms with Gasteiger partial charge < -0.3 is 5.32 Å². The van der Waals surface area contributed by atoms with E-state index in [4.69, 9.17) is 0 Å². The topological polar surface area (TPSA) is 70.7 Å². The van der Waals surface area contributed by atoms with Crippen molar-refractivity contribution in [1.82, 2.24) is 15.1 Å². The summed E-state index contributed by atoms with van der Waals surface area (Å²) < 4.78 is 1.54. The van der Waals surface area contributed by atoms with Gasteiger partial charge in [0.25, 0.3) is 5.91 Å². The van der Waals surface area contributed by atoms with Crippen molar-refractivity contribution in [2.75, 3.05) is 0 Å². The fourth-order valence-electron chi connectivity index (χ4n) is 1.95. The molecular weight excluding hydrogens is 252 g/mol. The third kappa shape index (κ3) is 2.86. The highest BCUT2D eigenvalue weighted by Gasteiger charge is 2.18. The van der Waals surface area contributed by atoms with Gasteiger partial charge in [0, 0.05) is 7.05 Å². The Labute approximate surface area is 117 Å². The summed E-state index contributed by atoms with van der Waals surface area (Å²) in [6.45, 7) is 1.98. The second-order valence-electron chi connectivity index (χ2n) is 4.44. The molecule has 0 fully saturated rings. The smallest absolute Gasteiger partial charge is 0.270 e. The summed E-state index contributed by atoms with van der Waals surface area (Å²) in [5.41, 5.74) is 2.07. The summed E-state index contributed by atoms with van der Waals surface area (Å²) in [7, 11) is 1.72. The van der Waals surface area contributed by atoms with Crippen LogP contribution in [0.2, 0.25) is 0 Å². The highest BCUT2D eigenvalue weighted by molar-refractivity contribution is 5.93. The Kier molecular flexibility index (Phi) is 4.16. The lowest BCUT2D eigenvalue weighted by Crippen LogP contribution is -2.29. The van der Waals surface area contributed by atoms with Crippen molar-refractivity contribution < 1.29 is 4.79 Å². The monoisotopic (exact) mass is 268 g/mol. The highest BCUT2D eigenvalue weighted by Crippen LogP contribution is 2.13. The maximum Gasteiger partial charge on any atom is 0.270 e. The molecule has 0 aliphatic heterocycles. The number of hydrogen-bond donors (Lipinski definition) is 1. The van der Waals surface area contributed by atoms with Crippen LogP contribution < -0.4 is 5.32 Å². The van der Waals surface area contributed by atoms with Gasteiger partial charge in [0.2, 0.25) is 0 Å². The summed E-state index contributed by atoms with van der Waals surface area (Å²) in [6.07, 6.45) is 0.765. The number of hydrogen-bond acceptors (Lipinski definition) is 3. The molecule has 0 radical (unpaired) electrons. The number of aryl methyl sites for hydroxylation is 2. The molecule has 1 amide bonds. The maximum atomic E-state index is 12.2. The summed E-state index contributed by atoms with van der Waals surface area (Å²) in [5, 5.41) is 16.2. The van der Waals surface area contributed by atoms with Crippen molar-refractivity contribution in [3.63, 3.8) is 0 Å². The van der Waals surface area contributed by atoms with Crippen LogP contribution in [-0.4, -0.2) is 15.7 Å². The molecule has 1 aromatic heterocycles. The van der Waals surface area contributed by atoms with Gasteiger partial charge in [0.1, 0.15) is 11.7 Å². The molecule has 2 rings (SSSR count). The lowest BCUT2D eigenvalue weighted by molar-refractivity contribution is 0.0935. The molecule has 2 aromatic rings. The van der Waals surface area contributed by atoms with Gasteiger partial charge in [-0.05, 0) is 18.1 Å². The number of carbonyl (C=O) groups is 1. The molecule has 0 aliphatic carbocycles. The third-order valence-corrected chi connectivity index (χ3v) is 3.06. The lowest BCUT2D eigenvalue weighted by atomic mass is 10.1. The Hall–Kier alpha value is -2.61. The molecule has 0 bridgehead atoms. The van der Waals surface area contributed by atoms with Crippen LogP contribution >= 0.6 is 0 Å². The van der Waals surface area contributed by atoms with Crippen molar-refractivity contribution >= 4 is 5.91 Å². The minimum atomic E-state index is -0.663. The van der Waals surface area contributed by atoms with E-state index in [-0.39, 0.29) is 5.91 Å². The summed E-state index contributed by atoms with van der Waals surface area (Å²) in [5.74, 6) is -0.296.